The summed E-state index contributed by atoms with van der Waals surface area (Å²) in [4.78, 5) is 28.5. The first-order chi connectivity index (χ1) is 12.9. The maximum atomic E-state index is 14.2. The second-order valence-corrected chi connectivity index (χ2v) is 7.25. The summed E-state index contributed by atoms with van der Waals surface area (Å²) in [6, 6.07) is 11.8. The number of nitrogens with zero attached hydrogens (tertiary/aromatic N) is 2. The lowest BCUT2D eigenvalue weighted by Gasteiger charge is -2.37. The predicted octanol–water partition coefficient (Wildman–Crippen LogP) is 3.86. The Hall–Kier alpha value is -2.53. The second-order valence-electron chi connectivity index (χ2n) is 7.25. The fraction of sp³-hybridized carbons (Fsp3) is 0.364. The summed E-state index contributed by atoms with van der Waals surface area (Å²) in [7, 11) is 0. The summed E-state index contributed by atoms with van der Waals surface area (Å²) in [6.07, 6.45) is 0. The van der Waals surface area contributed by atoms with Gasteiger partial charge in [0.15, 0.2) is 5.78 Å². The molecule has 0 spiro atoms. The molecule has 0 N–H and O–H groups in total. The van der Waals surface area contributed by atoms with Crippen molar-refractivity contribution in [3.05, 3.63) is 59.4 Å². The predicted molar refractivity (Wildman–Crippen MR) is 104 cm³/mol. The highest BCUT2D eigenvalue weighted by molar-refractivity contribution is 5.96. The Kier molecular flexibility index (Phi) is 5.71. The standard InChI is InChI=1S/C22H25FN2O2/c1-15(2)24-10-12-25(13-11-24)22(27)18-6-4-17(5-7-18)20-14-19(16(3)26)8-9-21(20)23/h4-9,14-15H,10-13H2,1-3H3. The number of hydrogen-bond donors (Lipinski definition) is 0. The van der Waals surface area contributed by atoms with Crippen molar-refractivity contribution in [3.8, 4) is 11.1 Å². The first-order valence-electron chi connectivity index (χ1n) is 9.31. The Bertz CT molecular complexity index is 838. The van der Waals surface area contributed by atoms with Crippen LogP contribution in [0.25, 0.3) is 11.1 Å². The van der Waals surface area contributed by atoms with Crippen molar-refractivity contribution < 1.29 is 14.0 Å². The molecule has 0 bridgehead atoms. The van der Waals surface area contributed by atoms with E-state index >= 15 is 0 Å². The molecule has 1 aliphatic rings. The maximum Gasteiger partial charge on any atom is 0.253 e. The SMILES string of the molecule is CC(=O)c1ccc(F)c(-c2ccc(C(=O)N3CCN(C(C)C)CC3)cc2)c1. The summed E-state index contributed by atoms with van der Waals surface area (Å²) < 4.78 is 14.2. The summed E-state index contributed by atoms with van der Waals surface area (Å²) in [6.45, 7) is 8.97. The first kappa shape index (κ1) is 19.2. The van der Waals surface area contributed by atoms with Gasteiger partial charge >= 0.3 is 0 Å². The van der Waals surface area contributed by atoms with Crippen LogP contribution >= 0.6 is 0 Å². The molecule has 0 radical (unpaired) electrons. The van der Waals surface area contributed by atoms with E-state index in [9.17, 15) is 14.0 Å². The largest absolute Gasteiger partial charge is 0.336 e. The minimum Gasteiger partial charge on any atom is -0.336 e. The van der Waals surface area contributed by atoms with Crippen LogP contribution in [-0.4, -0.2) is 53.7 Å². The number of halogens is 1. The van der Waals surface area contributed by atoms with Gasteiger partial charge in [-0.1, -0.05) is 12.1 Å². The van der Waals surface area contributed by atoms with E-state index in [1.807, 2.05) is 4.90 Å². The molecule has 1 aliphatic heterocycles. The number of benzene rings is 2. The Morgan fingerprint density at radius 2 is 1.52 bits per heavy atom. The summed E-state index contributed by atoms with van der Waals surface area (Å²) >= 11 is 0. The molecule has 1 heterocycles. The number of piperazine rings is 1. The third-order valence-electron chi connectivity index (χ3n) is 5.15. The third-order valence-corrected chi connectivity index (χ3v) is 5.15. The van der Waals surface area contributed by atoms with Crippen molar-refractivity contribution in [2.75, 3.05) is 26.2 Å². The summed E-state index contributed by atoms with van der Waals surface area (Å²) in [5.41, 5.74) is 2.08. The molecule has 2 aromatic rings. The van der Waals surface area contributed by atoms with Crippen LogP contribution in [0.2, 0.25) is 0 Å². The Balaban J connectivity index is 1.75. The molecule has 0 atom stereocenters. The lowest BCUT2D eigenvalue weighted by molar-refractivity contribution is 0.0595. The highest BCUT2D eigenvalue weighted by atomic mass is 19.1. The number of ketones is 1. The van der Waals surface area contributed by atoms with Crippen molar-refractivity contribution in [2.24, 2.45) is 0 Å². The average molecular weight is 368 g/mol. The minimum absolute atomic E-state index is 0.00270. The molecule has 27 heavy (non-hydrogen) atoms. The number of Topliss-reactive ketones (excluding diaryl/α,β-unsaturated/α-hetero) is 1. The van der Waals surface area contributed by atoms with Crippen LogP contribution in [0.1, 0.15) is 41.5 Å². The summed E-state index contributed by atoms with van der Waals surface area (Å²) in [5.74, 6) is -0.490. The van der Waals surface area contributed by atoms with Crippen molar-refractivity contribution >= 4 is 11.7 Å². The second kappa shape index (κ2) is 8.01. The zero-order valence-electron chi connectivity index (χ0n) is 16.0. The van der Waals surface area contributed by atoms with Gasteiger partial charge < -0.3 is 4.90 Å². The van der Waals surface area contributed by atoms with Crippen molar-refractivity contribution in [3.63, 3.8) is 0 Å². The van der Waals surface area contributed by atoms with Gasteiger partial charge in [-0.2, -0.15) is 0 Å². The molecule has 0 saturated carbocycles. The lowest BCUT2D eigenvalue weighted by Crippen LogP contribution is -2.50. The Morgan fingerprint density at radius 3 is 2.07 bits per heavy atom. The molecule has 1 amide bonds. The lowest BCUT2D eigenvalue weighted by atomic mass is 9.99. The number of carbonyl (C=O) groups is 2. The molecule has 3 rings (SSSR count). The van der Waals surface area contributed by atoms with Crippen LogP contribution in [0.15, 0.2) is 42.5 Å². The van der Waals surface area contributed by atoms with E-state index in [4.69, 9.17) is 0 Å². The van der Waals surface area contributed by atoms with Crippen LogP contribution in [0.3, 0.4) is 0 Å². The van der Waals surface area contributed by atoms with E-state index in [2.05, 4.69) is 18.7 Å². The molecule has 0 unspecified atom stereocenters. The van der Waals surface area contributed by atoms with Crippen LogP contribution in [0.4, 0.5) is 4.39 Å². The van der Waals surface area contributed by atoms with Gasteiger partial charge in [0.05, 0.1) is 0 Å². The molecule has 2 aromatic carbocycles. The van der Waals surface area contributed by atoms with E-state index in [-0.39, 0.29) is 17.5 Å². The topological polar surface area (TPSA) is 40.6 Å². The first-order valence-corrected chi connectivity index (χ1v) is 9.31. The van der Waals surface area contributed by atoms with Gasteiger partial charge in [0.25, 0.3) is 5.91 Å². The number of rotatable bonds is 4. The van der Waals surface area contributed by atoms with E-state index in [1.54, 1.807) is 30.3 Å². The molecular formula is C22H25FN2O2. The third kappa shape index (κ3) is 4.25. The van der Waals surface area contributed by atoms with Crippen molar-refractivity contribution in [1.82, 2.24) is 9.80 Å². The molecule has 0 aliphatic carbocycles. The van der Waals surface area contributed by atoms with Gasteiger partial charge in [0.1, 0.15) is 5.82 Å². The average Bonchev–Trinajstić information content (AvgIpc) is 2.68. The quantitative estimate of drug-likeness (QED) is 0.770. The fourth-order valence-electron chi connectivity index (χ4n) is 3.38. The van der Waals surface area contributed by atoms with Gasteiger partial charge in [-0.25, -0.2) is 4.39 Å². The van der Waals surface area contributed by atoms with Crippen LogP contribution < -0.4 is 0 Å². The summed E-state index contributed by atoms with van der Waals surface area (Å²) in [5, 5.41) is 0. The maximum absolute atomic E-state index is 14.2. The molecular weight excluding hydrogens is 343 g/mol. The van der Waals surface area contributed by atoms with E-state index in [1.165, 1.54) is 19.1 Å². The van der Waals surface area contributed by atoms with Gasteiger partial charge in [0, 0.05) is 48.9 Å². The molecule has 5 heteroatoms. The van der Waals surface area contributed by atoms with E-state index < -0.39 is 0 Å². The molecule has 0 aromatic heterocycles. The van der Waals surface area contributed by atoms with Crippen LogP contribution in [0.5, 0.6) is 0 Å². The number of carbonyl (C=O) groups excluding carboxylic acids is 2. The van der Waals surface area contributed by atoms with Crippen LogP contribution in [0, 0.1) is 5.82 Å². The fourth-order valence-corrected chi connectivity index (χ4v) is 3.38. The zero-order valence-corrected chi connectivity index (χ0v) is 16.0. The Labute approximate surface area is 159 Å². The van der Waals surface area contributed by atoms with E-state index in [0.29, 0.717) is 41.4 Å². The van der Waals surface area contributed by atoms with Crippen molar-refractivity contribution in [2.45, 2.75) is 26.8 Å². The van der Waals surface area contributed by atoms with Crippen LogP contribution in [-0.2, 0) is 0 Å². The van der Waals surface area contributed by atoms with Crippen molar-refractivity contribution in [1.29, 1.82) is 0 Å². The molecule has 1 fully saturated rings. The molecule has 142 valence electrons. The molecule has 4 nitrogen and oxygen atoms in total. The smallest absolute Gasteiger partial charge is 0.253 e. The highest BCUT2D eigenvalue weighted by Crippen LogP contribution is 2.25. The highest BCUT2D eigenvalue weighted by Gasteiger charge is 2.23. The normalized spacial score (nSPS) is 15.2. The molecule has 1 saturated heterocycles. The van der Waals surface area contributed by atoms with Gasteiger partial charge in [-0.05, 0) is 56.7 Å². The van der Waals surface area contributed by atoms with Gasteiger partial charge in [-0.15, -0.1) is 0 Å². The monoisotopic (exact) mass is 368 g/mol. The van der Waals surface area contributed by atoms with E-state index in [0.717, 1.165) is 13.1 Å². The Morgan fingerprint density at radius 1 is 0.926 bits per heavy atom. The number of hydrogen-bond acceptors (Lipinski definition) is 3. The minimum atomic E-state index is -0.385. The van der Waals surface area contributed by atoms with Gasteiger partial charge in [-0.3, -0.25) is 14.5 Å². The number of amides is 1. The van der Waals surface area contributed by atoms with Gasteiger partial charge in [0.2, 0.25) is 0 Å². The zero-order chi connectivity index (χ0) is 19.6.